The number of guanidine groups is 1. The highest BCUT2D eigenvalue weighted by Crippen LogP contribution is 2.44. The lowest BCUT2D eigenvalue weighted by molar-refractivity contribution is -0.131. The average molecular weight is 388 g/mol. The first-order chi connectivity index (χ1) is 12.6. The molecule has 2 atom stereocenters. The Hall–Kier alpha value is -2.79. The highest BCUT2D eigenvalue weighted by atomic mass is 32.1. The van der Waals surface area contributed by atoms with Crippen molar-refractivity contribution < 1.29 is 13.6 Å². The number of nitriles is 1. The van der Waals surface area contributed by atoms with Crippen LogP contribution < -0.4 is 5.32 Å². The highest BCUT2D eigenvalue weighted by Gasteiger charge is 2.50. The van der Waals surface area contributed by atoms with Crippen molar-refractivity contribution in [2.24, 2.45) is 0 Å². The van der Waals surface area contributed by atoms with Crippen LogP contribution in [0.2, 0.25) is 0 Å². The summed E-state index contributed by atoms with van der Waals surface area (Å²) in [6, 6.07) is 9.42. The average Bonchev–Trinajstić information content (AvgIpc) is 3.09. The smallest absolute Gasteiger partial charge is 0.270 e. The van der Waals surface area contributed by atoms with Crippen LogP contribution in [0.1, 0.15) is 41.3 Å². The number of hydrogen-bond acceptors (Lipinski definition) is 4. The molecule has 0 bridgehead atoms. The molecular weight excluding hydrogens is 370 g/mol. The van der Waals surface area contributed by atoms with E-state index >= 15 is 0 Å². The largest absolute Gasteiger partial charge is 0.345 e. The van der Waals surface area contributed by atoms with E-state index in [1.165, 1.54) is 47.5 Å². The van der Waals surface area contributed by atoms with Crippen molar-refractivity contribution in [2.45, 2.75) is 31.2 Å². The van der Waals surface area contributed by atoms with Crippen LogP contribution in [0.3, 0.4) is 0 Å². The minimum Gasteiger partial charge on any atom is -0.345 e. The molecule has 1 aromatic heterocycles. The van der Waals surface area contributed by atoms with Crippen LogP contribution in [0, 0.1) is 16.7 Å². The predicted octanol–water partition coefficient (Wildman–Crippen LogP) is 3.73. The van der Waals surface area contributed by atoms with Crippen LogP contribution in [0.5, 0.6) is 0 Å². The Morgan fingerprint density at radius 3 is 2.52 bits per heavy atom. The molecule has 2 heterocycles. The number of benzene rings is 1. The van der Waals surface area contributed by atoms with Crippen LogP contribution in [0.15, 0.2) is 35.7 Å². The summed E-state index contributed by atoms with van der Waals surface area (Å²) in [5.41, 5.74) is -0.225. The van der Waals surface area contributed by atoms with Crippen molar-refractivity contribution in [3.8, 4) is 6.07 Å². The number of thiophene rings is 1. The molecule has 8 heteroatoms. The Labute approximate surface area is 159 Å². The van der Waals surface area contributed by atoms with Gasteiger partial charge in [0.1, 0.15) is 6.07 Å². The second-order valence-corrected chi connectivity index (χ2v) is 7.71. The lowest BCUT2D eigenvalue weighted by Crippen LogP contribution is -2.62. The van der Waals surface area contributed by atoms with E-state index < -0.39 is 17.4 Å². The molecule has 0 saturated carbocycles. The number of likely N-dealkylation sites (N-methyl/N-ethyl adjacent to an activating group) is 1. The van der Waals surface area contributed by atoms with E-state index in [-0.39, 0.29) is 17.4 Å². The van der Waals surface area contributed by atoms with Crippen LogP contribution in [-0.4, -0.2) is 23.8 Å². The van der Waals surface area contributed by atoms with E-state index in [1.54, 1.807) is 18.4 Å². The predicted molar refractivity (Wildman–Crippen MR) is 98.8 cm³/mol. The van der Waals surface area contributed by atoms with Gasteiger partial charge in [0.25, 0.3) is 5.92 Å². The fourth-order valence-corrected chi connectivity index (χ4v) is 4.38. The van der Waals surface area contributed by atoms with E-state index in [9.17, 15) is 18.8 Å². The second-order valence-electron chi connectivity index (χ2n) is 6.79. The van der Waals surface area contributed by atoms with Crippen LogP contribution in [0.4, 0.5) is 8.78 Å². The molecule has 0 spiro atoms. The zero-order valence-electron chi connectivity index (χ0n) is 15.0. The molecule has 1 aliphatic heterocycles. The quantitative estimate of drug-likeness (QED) is 0.841. The molecule has 2 N–H and O–H groups in total. The van der Waals surface area contributed by atoms with Gasteiger partial charge in [0.2, 0.25) is 5.91 Å². The molecule has 1 saturated heterocycles. The Morgan fingerprint density at radius 2 is 1.96 bits per heavy atom. The normalized spacial score (nSPS) is 23.1. The molecule has 0 unspecified atom stereocenters. The molecule has 2 aromatic rings. The molecule has 5 nitrogen and oxygen atoms in total. The molecular formula is C19H18F2N4OS. The Balaban J connectivity index is 2.15. The topological polar surface area (TPSA) is 80.0 Å². The molecule has 27 heavy (non-hydrogen) atoms. The van der Waals surface area contributed by atoms with E-state index in [0.717, 1.165) is 6.92 Å². The molecule has 1 aliphatic rings. The summed E-state index contributed by atoms with van der Waals surface area (Å²) < 4.78 is 27.1. The van der Waals surface area contributed by atoms with Gasteiger partial charge in [-0.25, -0.2) is 8.78 Å². The molecule has 0 aliphatic carbocycles. The Kier molecular flexibility index (Phi) is 4.52. The van der Waals surface area contributed by atoms with Crippen molar-refractivity contribution in [3.05, 3.63) is 57.3 Å². The Bertz CT molecular complexity index is 942. The zero-order valence-corrected chi connectivity index (χ0v) is 15.8. The van der Waals surface area contributed by atoms with Crippen LogP contribution in [-0.2, 0) is 16.3 Å². The van der Waals surface area contributed by atoms with Crippen LogP contribution >= 0.6 is 11.3 Å². The molecule has 1 amide bonds. The van der Waals surface area contributed by atoms with Gasteiger partial charge in [-0.1, -0.05) is 24.3 Å². The van der Waals surface area contributed by atoms with Gasteiger partial charge in [-0.3, -0.25) is 15.1 Å². The molecule has 1 aromatic carbocycles. The first-order valence-corrected chi connectivity index (χ1v) is 9.08. The standard InChI is InChI=1S/C19H18F2N4OS/c1-18(15-12(10-22)8-9-27-15)14(16(26)25(3)17(23)24-18)11-4-6-13(7-5-11)19(2,20)21/h4-9,14H,1-3H3,(H2,23,24)/t14-,18+/m1/s1. The number of hydrogen-bond donors (Lipinski definition) is 2. The fourth-order valence-electron chi connectivity index (χ4n) is 3.38. The van der Waals surface area contributed by atoms with Crippen molar-refractivity contribution in [1.29, 1.82) is 10.7 Å². The van der Waals surface area contributed by atoms with Gasteiger partial charge in [0, 0.05) is 24.4 Å². The SMILES string of the molecule is CN1C(=N)N[C@](C)(c2sccc2C#N)[C@H](c2ccc(C(C)(F)F)cc2)C1=O. The summed E-state index contributed by atoms with van der Waals surface area (Å²) in [4.78, 5) is 14.9. The third kappa shape index (κ3) is 3.08. The summed E-state index contributed by atoms with van der Waals surface area (Å²) in [7, 11) is 1.48. The number of halogens is 2. The maximum Gasteiger partial charge on any atom is 0.270 e. The third-order valence-corrected chi connectivity index (χ3v) is 6.03. The van der Waals surface area contributed by atoms with Gasteiger partial charge in [-0.15, -0.1) is 11.3 Å². The summed E-state index contributed by atoms with van der Waals surface area (Å²) >= 11 is 1.32. The summed E-state index contributed by atoms with van der Waals surface area (Å²) in [6.45, 7) is 2.57. The van der Waals surface area contributed by atoms with Gasteiger partial charge < -0.3 is 5.32 Å². The molecule has 0 radical (unpaired) electrons. The third-order valence-electron chi connectivity index (χ3n) is 4.88. The number of alkyl halides is 2. The fraction of sp³-hybridized carbons (Fsp3) is 0.316. The second kappa shape index (κ2) is 6.43. The van der Waals surface area contributed by atoms with Crippen LogP contribution in [0.25, 0.3) is 0 Å². The minimum absolute atomic E-state index is 0.0762. The van der Waals surface area contributed by atoms with Gasteiger partial charge in [-0.05, 0) is 23.9 Å². The Morgan fingerprint density at radius 1 is 1.33 bits per heavy atom. The molecule has 3 rings (SSSR count). The number of rotatable bonds is 3. The van der Waals surface area contributed by atoms with Gasteiger partial charge in [-0.2, -0.15) is 5.26 Å². The molecule has 1 fully saturated rings. The van der Waals surface area contributed by atoms with E-state index in [2.05, 4.69) is 11.4 Å². The van der Waals surface area contributed by atoms with Gasteiger partial charge >= 0.3 is 0 Å². The van der Waals surface area contributed by atoms with E-state index in [1.807, 2.05) is 0 Å². The number of carbonyl (C=O) groups excluding carboxylic acids is 1. The summed E-state index contributed by atoms with van der Waals surface area (Å²) in [6.07, 6.45) is 0. The van der Waals surface area contributed by atoms with E-state index in [0.29, 0.717) is 16.0 Å². The van der Waals surface area contributed by atoms with Gasteiger partial charge in [0.05, 0.1) is 17.0 Å². The molecule has 140 valence electrons. The first kappa shape index (κ1) is 19.0. The van der Waals surface area contributed by atoms with E-state index in [4.69, 9.17) is 5.41 Å². The number of carbonyl (C=O) groups is 1. The number of nitrogens with one attached hydrogen (secondary N) is 2. The van der Waals surface area contributed by atoms with Crippen molar-refractivity contribution in [1.82, 2.24) is 10.2 Å². The monoisotopic (exact) mass is 388 g/mol. The zero-order chi connectivity index (χ0) is 20.0. The lowest BCUT2D eigenvalue weighted by Gasteiger charge is -2.45. The lowest BCUT2D eigenvalue weighted by atomic mass is 9.76. The maximum atomic E-state index is 13.5. The number of amides is 1. The maximum absolute atomic E-state index is 13.5. The van der Waals surface area contributed by atoms with Gasteiger partial charge in [0.15, 0.2) is 5.96 Å². The van der Waals surface area contributed by atoms with Crippen molar-refractivity contribution in [2.75, 3.05) is 7.05 Å². The minimum atomic E-state index is -2.97. The first-order valence-electron chi connectivity index (χ1n) is 8.20. The summed E-state index contributed by atoms with van der Waals surface area (Å²) in [5, 5.41) is 22.3. The van der Waals surface area contributed by atoms with Crippen molar-refractivity contribution in [3.63, 3.8) is 0 Å². The summed E-state index contributed by atoms with van der Waals surface area (Å²) in [5.74, 6) is -4.17. The van der Waals surface area contributed by atoms with Crippen molar-refractivity contribution >= 4 is 23.2 Å². The highest BCUT2D eigenvalue weighted by molar-refractivity contribution is 7.10. The number of nitrogens with zero attached hydrogens (tertiary/aromatic N) is 2.